The van der Waals surface area contributed by atoms with Crippen molar-refractivity contribution in [2.45, 2.75) is 6.92 Å². The Labute approximate surface area is 140 Å². The van der Waals surface area contributed by atoms with Crippen molar-refractivity contribution in [3.63, 3.8) is 0 Å². The normalized spacial score (nSPS) is 21.3. The molecule has 1 amide bonds. The van der Waals surface area contributed by atoms with E-state index in [1.807, 2.05) is 0 Å². The number of carbonyl (C=O) groups excluding carboxylic acids is 2. The van der Waals surface area contributed by atoms with Crippen LogP contribution in [-0.4, -0.2) is 74.1 Å². The summed E-state index contributed by atoms with van der Waals surface area (Å²) in [6, 6.07) is 3.40. The fourth-order valence-electron chi connectivity index (χ4n) is 3.42. The third-order valence-electron chi connectivity index (χ3n) is 4.89. The molecular formula is C17H21N3O4. The maximum atomic E-state index is 12.4. The summed E-state index contributed by atoms with van der Waals surface area (Å²) in [5.74, 6) is 0.210. The number of benzene rings is 1. The Balaban J connectivity index is 1.57. The lowest BCUT2D eigenvalue weighted by molar-refractivity contribution is -0.114. The van der Waals surface area contributed by atoms with Crippen LogP contribution < -0.4 is 14.4 Å². The number of hydrogen-bond donors (Lipinski definition) is 0. The van der Waals surface area contributed by atoms with Crippen LogP contribution in [0.2, 0.25) is 0 Å². The van der Waals surface area contributed by atoms with E-state index in [0.717, 1.165) is 32.7 Å². The predicted octanol–water partition coefficient (Wildman–Crippen LogP) is 0.582. The average molecular weight is 331 g/mol. The number of anilines is 1. The van der Waals surface area contributed by atoms with E-state index in [1.165, 1.54) is 0 Å². The van der Waals surface area contributed by atoms with Gasteiger partial charge in [-0.2, -0.15) is 0 Å². The molecule has 0 radical (unpaired) electrons. The Hall–Kier alpha value is -2.12. The lowest BCUT2D eigenvalue weighted by atomic mass is 10.1. The third-order valence-corrected chi connectivity index (χ3v) is 4.89. The molecule has 24 heavy (non-hydrogen) atoms. The van der Waals surface area contributed by atoms with Gasteiger partial charge in [0.25, 0.3) is 5.78 Å². The summed E-state index contributed by atoms with van der Waals surface area (Å²) in [5, 5.41) is 0. The van der Waals surface area contributed by atoms with Crippen molar-refractivity contribution in [1.82, 2.24) is 9.80 Å². The first-order valence-corrected chi connectivity index (χ1v) is 8.42. The van der Waals surface area contributed by atoms with Gasteiger partial charge in [0.15, 0.2) is 11.5 Å². The molecule has 0 bridgehead atoms. The topological polar surface area (TPSA) is 62.3 Å². The summed E-state index contributed by atoms with van der Waals surface area (Å²) < 4.78 is 11.1. The molecule has 0 spiro atoms. The Bertz CT molecular complexity index is 683. The van der Waals surface area contributed by atoms with Crippen LogP contribution in [0.4, 0.5) is 5.69 Å². The van der Waals surface area contributed by atoms with Gasteiger partial charge in [0, 0.05) is 32.2 Å². The molecule has 3 aliphatic rings. The largest absolute Gasteiger partial charge is 0.486 e. The minimum absolute atomic E-state index is 0.413. The van der Waals surface area contributed by atoms with E-state index in [1.54, 1.807) is 17.0 Å². The minimum Gasteiger partial charge on any atom is -0.486 e. The van der Waals surface area contributed by atoms with Crippen molar-refractivity contribution < 1.29 is 19.1 Å². The number of ether oxygens (including phenoxy) is 2. The molecular weight excluding hydrogens is 310 g/mol. The molecule has 1 aromatic rings. The van der Waals surface area contributed by atoms with Gasteiger partial charge in [-0.05, 0) is 12.6 Å². The molecule has 3 heterocycles. The molecule has 1 saturated heterocycles. The molecule has 0 atom stereocenters. The Morgan fingerprint density at radius 1 is 0.958 bits per heavy atom. The van der Waals surface area contributed by atoms with E-state index in [-0.39, 0.29) is 0 Å². The van der Waals surface area contributed by atoms with Crippen LogP contribution >= 0.6 is 0 Å². The number of nitrogens with zero attached hydrogens (tertiary/aromatic N) is 3. The van der Waals surface area contributed by atoms with E-state index in [0.29, 0.717) is 42.6 Å². The molecule has 0 saturated carbocycles. The van der Waals surface area contributed by atoms with Crippen LogP contribution in [0.1, 0.15) is 17.3 Å². The summed E-state index contributed by atoms with van der Waals surface area (Å²) in [6.45, 7) is 8.33. The lowest BCUT2D eigenvalue weighted by Gasteiger charge is -2.36. The van der Waals surface area contributed by atoms with Crippen LogP contribution in [0.25, 0.3) is 0 Å². The zero-order valence-corrected chi connectivity index (χ0v) is 13.8. The zero-order chi connectivity index (χ0) is 16.7. The summed E-state index contributed by atoms with van der Waals surface area (Å²) in [6.07, 6.45) is 0. The van der Waals surface area contributed by atoms with Gasteiger partial charge >= 0.3 is 5.91 Å². The van der Waals surface area contributed by atoms with Gasteiger partial charge in [-0.25, -0.2) is 0 Å². The van der Waals surface area contributed by atoms with Crippen LogP contribution in [0.5, 0.6) is 11.5 Å². The molecule has 7 heteroatoms. The summed E-state index contributed by atoms with van der Waals surface area (Å²) in [4.78, 5) is 30.9. The summed E-state index contributed by atoms with van der Waals surface area (Å²) in [5.41, 5.74) is 1.05. The first-order chi connectivity index (χ1) is 11.7. The quantitative estimate of drug-likeness (QED) is 0.755. The van der Waals surface area contributed by atoms with Crippen molar-refractivity contribution in [2.75, 3.05) is 57.5 Å². The highest BCUT2D eigenvalue weighted by atomic mass is 16.6. The van der Waals surface area contributed by atoms with Gasteiger partial charge in [-0.3, -0.25) is 19.4 Å². The van der Waals surface area contributed by atoms with Crippen LogP contribution in [0.15, 0.2) is 12.1 Å². The minimum atomic E-state index is -0.467. The smallest absolute Gasteiger partial charge is 0.300 e. The Kier molecular flexibility index (Phi) is 3.90. The van der Waals surface area contributed by atoms with Gasteiger partial charge in [0.05, 0.1) is 17.9 Å². The number of Topliss-reactive ketones (excluding diaryl/α,β-unsaturated/α-hetero) is 1. The van der Waals surface area contributed by atoms with E-state index in [4.69, 9.17) is 9.47 Å². The molecule has 0 aliphatic carbocycles. The number of carbonyl (C=O) groups is 2. The summed E-state index contributed by atoms with van der Waals surface area (Å²) in [7, 11) is 0. The van der Waals surface area contributed by atoms with Crippen molar-refractivity contribution >= 4 is 17.4 Å². The van der Waals surface area contributed by atoms with Crippen LogP contribution in [0.3, 0.4) is 0 Å². The number of amides is 1. The second-order valence-electron chi connectivity index (χ2n) is 6.27. The monoisotopic (exact) mass is 331 g/mol. The fraction of sp³-hybridized carbons (Fsp3) is 0.529. The molecule has 0 unspecified atom stereocenters. The van der Waals surface area contributed by atoms with Crippen molar-refractivity contribution in [1.29, 1.82) is 0 Å². The van der Waals surface area contributed by atoms with Crippen molar-refractivity contribution in [2.24, 2.45) is 0 Å². The lowest BCUT2D eigenvalue weighted by Crippen LogP contribution is -2.50. The highest BCUT2D eigenvalue weighted by molar-refractivity contribution is 6.52. The molecule has 0 N–H and O–H groups in total. The van der Waals surface area contributed by atoms with E-state index >= 15 is 0 Å². The number of rotatable bonds is 3. The molecule has 3 aliphatic heterocycles. The highest BCUT2D eigenvalue weighted by Crippen LogP contribution is 2.40. The predicted molar refractivity (Wildman–Crippen MR) is 87.8 cm³/mol. The molecule has 0 aromatic heterocycles. The van der Waals surface area contributed by atoms with E-state index < -0.39 is 11.7 Å². The van der Waals surface area contributed by atoms with Gasteiger partial charge in [-0.1, -0.05) is 6.92 Å². The van der Waals surface area contributed by atoms with Gasteiger partial charge in [-0.15, -0.1) is 0 Å². The van der Waals surface area contributed by atoms with Gasteiger partial charge < -0.3 is 14.4 Å². The second kappa shape index (κ2) is 6.07. The molecule has 1 aromatic carbocycles. The SMILES string of the molecule is CCN1CCN(CN2C(=O)C(=O)c3cc4c(cc32)OCCO4)CC1. The van der Waals surface area contributed by atoms with Crippen molar-refractivity contribution in [3.05, 3.63) is 17.7 Å². The number of piperazine rings is 1. The number of ketones is 1. The molecule has 7 nitrogen and oxygen atoms in total. The number of likely N-dealkylation sites (N-methyl/N-ethyl adjacent to an activating group) is 1. The summed E-state index contributed by atoms with van der Waals surface area (Å²) >= 11 is 0. The number of hydrogen-bond acceptors (Lipinski definition) is 6. The van der Waals surface area contributed by atoms with E-state index in [2.05, 4.69) is 16.7 Å². The molecule has 128 valence electrons. The second-order valence-corrected chi connectivity index (χ2v) is 6.27. The van der Waals surface area contributed by atoms with Gasteiger partial charge in [0.2, 0.25) is 0 Å². The van der Waals surface area contributed by atoms with E-state index in [9.17, 15) is 9.59 Å². The van der Waals surface area contributed by atoms with Crippen LogP contribution in [-0.2, 0) is 4.79 Å². The number of fused-ring (bicyclic) bond motifs is 2. The fourth-order valence-corrected chi connectivity index (χ4v) is 3.42. The maximum absolute atomic E-state index is 12.4. The van der Waals surface area contributed by atoms with Crippen LogP contribution in [0, 0.1) is 0 Å². The van der Waals surface area contributed by atoms with Crippen molar-refractivity contribution in [3.8, 4) is 11.5 Å². The standard InChI is InChI=1S/C17H21N3O4/c1-2-18-3-5-19(6-4-18)11-20-13-10-15-14(23-7-8-24-15)9-12(13)16(21)17(20)22/h9-10H,2-8,11H2,1H3. The van der Waals surface area contributed by atoms with Gasteiger partial charge in [0.1, 0.15) is 13.2 Å². The average Bonchev–Trinajstić information content (AvgIpc) is 2.85. The first kappa shape index (κ1) is 15.4. The highest BCUT2D eigenvalue weighted by Gasteiger charge is 2.38. The third kappa shape index (κ3) is 2.53. The Morgan fingerprint density at radius 3 is 2.25 bits per heavy atom. The molecule has 1 fully saturated rings. The maximum Gasteiger partial charge on any atom is 0.300 e. The molecule has 4 rings (SSSR count). The zero-order valence-electron chi connectivity index (χ0n) is 13.8. The first-order valence-electron chi connectivity index (χ1n) is 8.42. The Morgan fingerprint density at radius 2 is 1.58 bits per heavy atom.